The molecule has 0 aliphatic carbocycles. The Hall–Kier alpha value is -0.710. The van der Waals surface area contributed by atoms with Crippen molar-refractivity contribution in [1.29, 1.82) is 0 Å². The highest BCUT2D eigenvalue weighted by Gasteiger charge is 2.11. The first-order valence-corrected chi connectivity index (χ1v) is 7.82. The molecule has 1 unspecified atom stereocenters. The van der Waals surface area contributed by atoms with Gasteiger partial charge in [0.1, 0.15) is 5.82 Å². The van der Waals surface area contributed by atoms with Crippen molar-refractivity contribution in [3.8, 4) is 0 Å². The Balaban J connectivity index is 2.03. The molecule has 0 aliphatic rings. The highest BCUT2D eigenvalue weighted by Crippen LogP contribution is 2.23. The van der Waals surface area contributed by atoms with Gasteiger partial charge in [-0.05, 0) is 44.5 Å². The van der Waals surface area contributed by atoms with Crippen LogP contribution in [0.25, 0.3) is 0 Å². The van der Waals surface area contributed by atoms with Gasteiger partial charge >= 0.3 is 0 Å². The van der Waals surface area contributed by atoms with E-state index in [4.69, 9.17) is 0 Å². The van der Waals surface area contributed by atoms with Crippen LogP contribution < -0.4 is 5.32 Å². The summed E-state index contributed by atoms with van der Waals surface area (Å²) in [5, 5.41) is 3.37. The fraction of sp³-hybridized carbons (Fsp3) is 0.333. The third kappa shape index (κ3) is 3.65. The predicted octanol–water partition coefficient (Wildman–Crippen LogP) is 5.12. The maximum Gasteiger partial charge on any atom is 0.129 e. The Morgan fingerprint density at radius 1 is 1.32 bits per heavy atom. The number of benzene rings is 1. The number of aryl methyl sites for hydroxylation is 2. The van der Waals surface area contributed by atoms with E-state index in [-0.39, 0.29) is 11.9 Å². The van der Waals surface area contributed by atoms with Crippen LogP contribution in [0.2, 0.25) is 0 Å². The molecule has 0 amide bonds. The molecule has 1 heterocycles. The van der Waals surface area contributed by atoms with Crippen LogP contribution in [0.3, 0.4) is 0 Å². The van der Waals surface area contributed by atoms with Gasteiger partial charge in [-0.25, -0.2) is 4.39 Å². The number of thiophene rings is 1. The highest BCUT2D eigenvalue weighted by atomic mass is 79.9. The lowest BCUT2D eigenvalue weighted by Crippen LogP contribution is -2.18. The molecule has 1 aromatic carbocycles. The van der Waals surface area contributed by atoms with Crippen molar-refractivity contribution in [2.45, 2.75) is 33.4 Å². The molecule has 0 radical (unpaired) electrons. The Morgan fingerprint density at radius 3 is 2.63 bits per heavy atom. The van der Waals surface area contributed by atoms with E-state index < -0.39 is 0 Å². The normalized spacial score (nSPS) is 12.7. The van der Waals surface area contributed by atoms with Crippen molar-refractivity contribution in [1.82, 2.24) is 5.32 Å². The molecule has 1 nitrogen and oxygen atoms in total. The minimum absolute atomic E-state index is 0.00388. The molecule has 19 heavy (non-hydrogen) atoms. The van der Waals surface area contributed by atoms with E-state index in [1.807, 2.05) is 19.1 Å². The highest BCUT2D eigenvalue weighted by molar-refractivity contribution is 9.10. The molecule has 0 aliphatic heterocycles. The summed E-state index contributed by atoms with van der Waals surface area (Å²) in [7, 11) is 0. The Labute approximate surface area is 126 Å². The summed E-state index contributed by atoms with van der Waals surface area (Å²) in [4.78, 5) is 2.64. The summed E-state index contributed by atoms with van der Waals surface area (Å²) < 4.78 is 14.6. The third-order valence-corrected chi connectivity index (χ3v) is 4.87. The van der Waals surface area contributed by atoms with Gasteiger partial charge in [-0.3, -0.25) is 0 Å². The maximum atomic E-state index is 13.8. The summed E-state index contributed by atoms with van der Waals surface area (Å²) in [6.07, 6.45) is 0. The van der Waals surface area contributed by atoms with Crippen molar-refractivity contribution in [2.75, 3.05) is 0 Å². The van der Waals surface area contributed by atoms with Crippen molar-refractivity contribution in [3.63, 3.8) is 0 Å². The van der Waals surface area contributed by atoms with Gasteiger partial charge in [0.2, 0.25) is 0 Å². The summed E-state index contributed by atoms with van der Waals surface area (Å²) in [6, 6.07) is 7.39. The molecule has 0 fully saturated rings. The first-order chi connectivity index (χ1) is 8.97. The molecule has 4 heteroatoms. The van der Waals surface area contributed by atoms with Gasteiger partial charge in [0.15, 0.2) is 0 Å². The van der Waals surface area contributed by atoms with Gasteiger partial charge in [0.25, 0.3) is 0 Å². The van der Waals surface area contributed by atoms with Gasteiger partial charge in [-0.15, -0.1) is 11.3 Å². The molecule has 1 N–H and O–H groups in total. The van der Waals surface area contributed by atoms with E-state index in [9.17, 15) is 4.39 Å². The molecule has 0 spiro atoms. The number of hydrogen-bond acceptors (Lipinski definition) is 2. The number of hydrogen-bond donors (Lipinski definition) is 1. The van der Waals surface area contributed by atoms with Crippen molar-refractivity contribution in [2.24, 2.45) is 0 Å². The molecular formula is C15H17BrFNS. The summed E-state index contributed by atoms with van der Waals surface area (Å²) >= 11 is 5.07. The Kier molecular flexibility index (Phi) is 4.76. The van der Waals surface area contributed by atoms with Crippen LogP contribution in [0.4, 0.5) is 4.39 Å². The van der Waals surface area contributed by atoms with Crippen LogP contribution in [0, 0.1) is 19.7 Å². The molecular weight excluding hydrogens is 325 g/mol. The van der Waals surface area contributed by atoms with E-state index in [0.717, 1.165) is 11.0 Å². The van der Waals surface area contributed by atoms with Gasteiger partial charge in [0.05, 0.1) is 0 Å². The molecule has 0 saturated carbocycles. The van der Waals surface area contributed by atoms with Crippen molar-refractivity contribution < 1.29 is 4.39 Å². The monoisotopic (exact) mass is 341 g/mol. The molecule has 0 bridgehead atoms. The SMILES string of the molecule is Cc1cc(CNC(C)c2ccc(Br)cc2F)sc1C. The van der Waals surface area contributed by atoms with Crippen LogP contribution in [0.15, 0.2) is 28.7 Å². The average molecular weight is 342 g/mol. The van der Waals surface area contributed by atoms with E-state index in [2.05, 4.69) is 41.2 Å². The summed E-state index contributed by atoms with van der Waals surface area (Å²) in [6.45, 7) is 7.00. The molecule has 2 aromatic rings. The Morgan fingerprint density at radius 2 is 2.05 bits per heavy atom. The van der Waals surface area contributed by atoms with Crippen LogP contribution in [-0.4, -0.2) is 0 Å². The van der Waals surface area contributed by atoms with E-state index in [1.165, 1.54) is 21.4 Å². The van der Waals surface area contributed by atoms with Crippen LogP contribution in [0.1, 0.15) is 33.8 Å². The van der Waals surface area contributed by atoms with Crippen molar-refractivity contribution in [3.05, 3.63) is 55.4 Å². The van der Waals surface area contributed by atoms with Gasteiger partial charge < -0.3 is 5.32 Å². The van der Waals surface area contributed by atoms with Crippen molar-refractivity contribution >= 4 is 27.3 Å². The topological polar surface area (TPSA) is 12.0 Å². The minimum atomic E-state index is -0.173. The second kappa shape index (κ2) is 6.16. The molecule has 2 rings (SSSR count). The molecule has 1 atom stereocenters. The maximum absolute atomic E-state index is 13.8. The smallest absolute Gasteiger partial charge is 0.129 e. The fourth-order valence-electron chi connectivity index (χ4n) is 1.95. The van der Waals surface area contributed by atoms with Crippen LogP contribution in [-0.2, 0) is 6.54 Å². The van der Waals surface area contributed by atoms with Gasteiger partial charge in [0, 0.05) is 32.4 Å². The van der Waals surface area contributed by atoms with E-state index >= 15 is 0 Å². The lowest BCUT2D eigenvalue weighted by molar-refractivity contribution is 0.530. The van der Waals surface area contributed by atoms with Crippen LogP contribution >= 0.6 is 27.3 Å². The molecule has 0 saturated heterocycles. The number of halogens is 2. The molecule has 102 valence electrons. The van der Waals surface area contributed by atoms with E-state index in [1.54, 1.807) is 11.3 Å². The molecule has 1 aromatic heterocycles. The van der Waals surface area contributed by atoms with Gasteiger partial charge in [-0.1, -0.05) is 22.0 Å². The average Bonchev–Trinajstić information content (AvgIpc) is 2.66. The van der Waals surface area contributed by atoms with E-state index in [0.29, 0.717) is 5.56 Å². The second-order valence-corrected chi connectivity index (χ2v) is 6.98. The zero-order chi connectivity index (χ0) is 14.0. The largest absolute Gasteiger partial charge is 0.305 e. The second-order valence-electron chi connectivity index (χ2n) is 4.72. The standard InChI is InChI=1S/C15H17BrFNS/c1-9-6-13(19-11(9)3)8-18-10(2)14-5-4-12(16)7-15(14)17/h4-7,10,18H,8H2,1-3H3. The van der Waals surface area contributed by atoms with Crippen LogP contribution in [0.5, 0.6) is 0 Å². The number of nitrogens with one attached hydrogen (secondary N) is 1. The fourth-order valence-corrected chi connectivity index (χ4v) is 3.29. The number of rotatable bonds is 4. The third-order valence-electron chi connectivity index (χ3n) is 3.23. The first-order valence-electron chi connectivity index (χ1n) is 6.21. The Bertz CT molecular complexity index is 560. The predicted molar refractivity (Wildman–Crippen MR) is 83.1 cm³/mol. The zero-order valence-corrected chi connectivity index (χ0v) is 13.7. The first kappa shape index (κ1) is 14.7. The lowest BCUT2D eigenvalue weighted by atomic mass is 10.1. The summed E-state index contributed by atoms with van der Waals surface area (Å²) in [5.41, 5.74) is 2.03. The summed E-state index contributed by atoms with van der Waals surface area (Å²) in [5.74, 6) is -0.173. The zero-order valence-electron chi connectivity index (χ0n) is 11.3. The lowest BCUT2D eigenvalue weighted by Gasteiger charge is -2.14. The minimum Gasteiger partial charge on any atom is -0.305 e. The van der Waals surface area contributed by atoms with Gasteiger partial charge in [-0.2, -0.15) is 0 Å². The quantitative estimate of drug-likeness (QED) is 0.813.